The molecule has 1 atom stereocenters. The minimum absolute atomic E-state index is 0.0848. The van der Waals surface area contributed by atoms with Crippen molar-refractivity contribution in [1.29, 1.82) is 0 Å². The number of sulfonamides is 1. The molecule has 2 aromatic rings. The lowest BCUT2D eigenvalue weighted by atomic mass is 10.1. The molecule has 1 aromatic carbocycles. The molecule has 142 valence electrons. The topological polar surface area (TPSA) is 76.5 Å². The molecular formula is C18H26N4O3S. The summed E-state index contributed by atoms with van der Waals surface area (Å²) >= 11 is 0. The molecule has 0 amide bonds. The largest absolute Gasteiger partial charge is 0.495 e. The van der Waals surface area contributed by atoms with Gasteiger partial charge >= 0.3 is 0 Å². The molecule has 8 heteroatoms. The normalized spacial score (nSPS) is 18.8. The van der Waals surface area contributed by atoms with Gasteiger partial charge in [0.15, 0.2) is 0 Å². The molecular weight excluding hydrogens is 352 g/mol. The van der Waals surface area contributed by atoms with E-state index in [2.05, 4.69) is 21.6 Å². The van der Waals surface area contributed by atoms with Gasteiger partial charge in [-0.3, -0.25) is 0 Å². The summed E-state index contributed by atoms with van der Waals surface area (Å²) in [6.07, 6.45) is 6.34. The highest BCUT2D eigenvalue weighted by atomic mass is 32.2. The summed E-state index contributed by atoms with van der Waals surface area (Å²) in [5.41, 5.74) is 0.674. The molecule has 1 saturated heterocycles. The number of piperidine rings is 1. The predicted octanol–water partition coefficient (Wildman–Crippen LogP) is 2.03. The van der Waals surface area contributed by atoms with Crippen molar-refractivity contribution in [3.8, 4) is 11.4 Å². The Balaban J connectivity index is 1.85. The van der Waals surface area contributed by atoms with Gasteiger partial charge in [0, 0.05) is 25.0 Å². The molecule has 1 fully saturated rings. The van der Waals surface area contributed by atoms with Crippen LogP contribution >= 0.6 is 0 Å². The number of ether oxygens (including phenoxy) is 1. The van der Waals surface area contributed by atoms with Crippen LogP contribution in [0.2, 0.25) is 0 Å². The van der Waals surface area contributed by atoms with E-state index in [-0.39, 0.29) is 10.9 Å². The molecule has 7 nitrogen and oxygen atoms in total. The van der Waals surface area contributed by atoms with E-state index in [4.69, 9.17) is 4.74 Å². The zero-order valence-electron chi connectivity index (χ0n) is 15.3. The summed E-state index contributed by atoms with van der Waals surface area (Å²) < 4.78 is 35.8. The predicted molar refractivity (Wildman–Crippen MR) is 100 cm³/mol. The first-order valence-corrected chi connectivity index (χ1v) is 10.4. The molecule has 1 aliphatic heterocycles. The third-order valence-electron chi connectivity index (χ3n) is 4.57. The summed E-state index contributed by atoms with van der Waals surface area (Å²) in [4.78, 5) is 2.45. The standard InChI is InChI=1S/C18H26N4O3S/c1-3-10-21-11-4-6-15(14-21)20-26(23,24)18-13-16(7-8-17(18)25-2)22-12-5-9-19-22/h5,7-9,12-13,15,20H,3-4,6,10-11,14H2,1-2H3/t15-/m1/s1. The summed E-state index contributed by atoms with van der Waals surface area (Å²) in [5, 5.41) is 4.17. The Kier molecular flexibility index (Phi) is 5.95. The van der Waals surface area contributed by atoms with Crippen molar-refractivity contribution >= 4 is 10.0 Å². The molecule has 0 spiro atoms. The van der Waals surface area contributed by atoms with E-state index >= 15 is 0 Å². The maximum absolute atomic E-state index is 13.0. The second-order valence-electron chi connectivity index (χ2n) is 6.55. The summed E-state index contributed by atoms with van der Waals surface area (Å²) in [7, 11) is -2.22. The van der Waals surface area contributed by atoms with Gasteiger partial charge in [-0.05, 0) is 56.6 Å². The van der Waals surface area contributed by atoms with Crippen LogP contribution in [0.25, 0.3) is 5.69 Å². The lowest BCUT2D eigenvalue weighted by Gasteiger charge is -2.32. The van der Waals surface area contributed by atoms with E-state index in [1.807, 2.05) is 0 Å². The molecule has 0 bridgehead atoms. The monoisotopic (exact) mass is 378 g/mol. The third-order valence-corrected chi connectivity index (χ3v) is 6.11. The number of nitrogens with one attached hydrogen (secondary N) is 1. The van der Waals surface area contributed by atoms with E-state index in [9.17, 15) is 8.42 Å². The maximum Gasteiger partial charge on any atom is 0.244 e. The Morgan fingerprint density at radius 1 is 1.38 bits per heavy atom. The molecule has 0 aliphatic carbocycles. The third kappa shape index (κ3) is 4.25. The second-order valence-corrected chi connectivity index (χ2v) is 8.23. The number of rotatable bonds is 7. The van der Waals surface area contributed by atoms with Crippen molar-refractivity contribution in [3.05, 3.63) is 36.7 Å². The van der Waals surface area contributed by atoms with Gasteiger partial charge in [0.05, 0.1) is 12.8 Å². The van der Waals surface area contributed by atoms with Gasteiger partial charge in [0.2, 0.25) is 10.0 Å². The van der Waals surface area contributed by atoms with Crippen molar-refractivity contribution in [2.45, 2.75) is 37.1 Å². The van der Waals surface area contributed by atoms with Crippen LogP contribution in [-0.4, -0.2) is 55.9 Å². The molecule has 0 radical (unpaired) electrons. The minimum atomic E-state index is -3.70. The Hall–Kier alpha value is -1.90. The lowest BCUT2D eigenvalue weighted by molar-refractivity contribution is 0.202. The van der Waals surface area contributed by atoms with Gasteiger partial charge in [-0.25, -0.2) is 17.8 Å². The van der Waals surface area contributed by atoms with Crippen LogP contribution in [0.5, 0.6) is 5.75 Å². The average molecular weight is 378 g/mol. The Labute approximate surface area is 155 Å². The van der Waals surface area contributed by atoms with Crippen LogP contribution < -0.4 is 9.46 Å². The summed E-state index contributed by atoms with van der Waals surface area (Å²) in [6.45, 7) is 4.91. The number of benzene rings is 1. The van der Waals surface area contributed by atoms with Crippen molar-refractivity contribution in [2.24, 2.45) is 0 Å². The van der Waals surface area contributed by atoms with E-state index in [0.29, 0.717) is 11.4 Å². The molecule has 1 aromatic heterocycles. The van der Waals surface area contributed by atoms with Crippen molar-refractivity contribution in [3.63, 3.8) is 0 Å². The van der Waals surface area contributed by atoms with Crippen LogP contribution in [0.15, 0.2) is 41.6 Å². The number of methoxy groups -OCH3 is 1. The van der Waals surface area contributed by atoms with Gasteiger partial charge in [-0.1, -0.05) is 6.92 Å². The zero-order valence-corrected chi connectivity index (χ0v) is 16.1. The van der Waals surface area contributed by atoms with Crippen molar-refractivity contribution in [2.75, 3.05) is 26.7 Å². The van der Waals surface area contributed by atoms with Crippen molar-refractivity contribution in [1.82, 2.24) is 19.4 Å². The van der Waals surface area contributed by atoms with Crippen LogP contribution in [0.4, 0.5) is 0 Å². The minimum Gasteiger partial charge on any atom is -0.495 e. The SMILES string of the molecule is CCCN1CCC[C@@H](NS(=O)(=O)c2cc(-n3cccn3)ccc2OC)C1. The molecule has 1 aliphatic rings. The average Bonchev–Trinajstić information content (AvgIpc) is 3.16. The Morgan fingerprint density at radius 2 is 2.23 bits per heavy atom. The van der Waals surface area contributed by atoms with E-state index < -0.39 is 10.0 Å². The van der Waals surface area contributed by atoms with Gasteiger partial charge in [-0.2, -0.15) is 5.10 Å². The van der Waals surface area contributed by atoms with Gasteiger partial charge < -0.3 is 9.64 Å². The highest BCUT2D eigenvalue weighted by Gasteiger charge is 2.27. The zero-order chi connectivity index (χ0) is 18.6. The first kappa shape index (κ1) is 18.9. The van der Waals surface area contributed by atoms with Crippen LogP contribution in [-0.2, 0) is 10.0 Å². The molecule has 26 heavy (non-hydrogen) atoms. The molecule has 0 unspecified atom stereocenters. The Morgan fingerprint density at radius 3 is 2.92 bits per heavy atom. The maximum atomic E-state index is 13.0. The highest BCUT2D eigenvalue weighted by Crippen LogP contribution is 2.27. The van der Waals surface area contributed by atoms with Gasteiger partial charge in [0.25, 0.3) is 0 Å². The Bertz CT molecular complexity index is 819. The number of likely N-dealkylation sites (tertiary alicyclic amines) is 1. The quantitative estimate of drug-likeness (QED) is 0.798. The fourth-order valence-electron chi connectivity index (χ4n) is 3.39. The lowest BCUT2D eigenvalue weighted by Crippen LogP contribution is -2.47. The number of aromatic nitrogens is 2. The van der Waals surface area contributed by atoms with E-state index in [1.54, 1.807) is 41.3 Å². The first-order valence-electron chi connectivity index (χ1n) is 8.96. The fraction of sp³-hybridized carbons (Fsp3) is 0.500. The second kappa shape index (κ2) is 8.20. The molecule has 1 N–H and O–H groups in total. The number of nitrogens with zero attached hydrogens (tertiary/aromatic N) is 3. The van der Waals surface area contributed by atoms with Gasteiger partial charge in [0.1, 0.15) is 10.6 Å². The van der Waals surface area contributed by atoms with Crippen molar-refractivity contribution < 1.29 is 13.2 Å². The smallest absolute Gasteiger partial charge is 0.244 e. The van der Waals surface area contributed by atoms with Crippen LogP contribution in [0, 0.1) is 0 Å². The van der Waals surface area contributed by atoms with Gasteiger partial charge in [-0.15, -0.1) is 0 Å². The number of hydrogen-bond acceptors (Lipinski definition) is 5. The molecule has 2 heterocycles. The van der Waals surface area contributed by atoms with E-state index in [1.165, 1.54) is 7.11 Å². The number of hydrogen-bond donors (Lipinski definition) is 1. The molecule has 3 rings (SSSR count). The van der Waals surface area contributed by atoms with Crippen LogP contribution in [0.3, 0.4) is 0 Å². The molecule has 0 saturated carbocycles. The summed E-state index contributed by atoms with van der Waals surface area (Å²) in [6, 6.07) is 6.75. The first-order chi connectivity index (χ1) is 12.5. The van der Waals surface area contributed by atoms with Crippen LogP contribution in [0.1, 0.15) is 26.2 Å². The summed E-state index contributed by atoms with van der Waals surface area (Å²) in [5.74, 6) is 0.328. The van der Waals surface area contributed by atoms with E-state index in [0.717, 1.165) is 38.9 Å². The highest BCUT2D eigenvalue weighted by molar-refractivity contribution is 7.89. The fourth-order valence-corrected chi connectivity index (χ4v) is 4.84.